The van der Waals surface area contributed by atoms with Gasteiger partial charge in [0.25, 0.3) is 0 Å². The quantitative estimate of drug-likeness (QED) is 0.831. The third-order valence-corrected chi connectivity index (χ3v) is 2.70. The normalized spacial score (nSPS) is 12.2. The van der Waals surface area contributed by atoms with Crippen LogP contribution in [0.2, 0.25) is 0 Å². The lowest BCUT2D eigenvalue weighted by molar-refractivity contribution is 0.416. The third kappa shape index (κ3) is 2.78. The smallest absolute Gasteiger partial charge is 0.216 e. The average Bonchev–Trinajstić information content (AvgIpc) is 2.79. The number of methoxy groups -OCH3 is 1. The molecular weight excluding hydrogens is 249 g/mol. The molecule has 19 heavy (non-hydrogen) atoms. The molecule has 0 aliphatic carbocycles. The Balaban J connectivity index is 2.23. The van der Waals surface area contributed by atoms with Gasteiger partial charge in [0, 0.05) is 12.1 Å². The van der Waals surface area contributed by atoms with Gasteiger partial charge in [-0.15, -0.1) is 0 Å². The van der Waals surface area contributed by atoms with Crippen molar-refractivity contribution in [2.75, 3.05) is 18.2 Å². The summed E-state index contributed by atoms with van der Waals surface area (Å²) in [6, 6.07) is 2.46. The number of rotatable bonds is 4. The standard InChI is InChI=1S/C13H16FN3O2/c1-7-6-16-13(19-7)8(2)17-11-5-12(18-3)10(15)4-9(11)14/h4-6,8,17H,15H2,1-3H3. The van der Waals surface area contributed by atoms with Crippen molar-refractivity contribution >= 4 is 11.4 Å². The van der Waals surface area contributed by atoms with E-state index in [0.29, 0.717) is 17.4 Å². The van der Waals surface area contributed by atoms with Crippen molar-refractivity contribution in [1.82, 2.24) is 4.98 Å². The van der Waals surface area contributed by atoms with Gasteiger partial charge in [-0.05, 0) is 13.8 Å². The van der Waals surface area contributed by atoms with Crippen LogP contribution in [0.1, 0.15) is 24.6 Å². The molecule has 0 amide bonds. The van der Waals surface area contributed by atoms with Crippen LogP contribution in [0.4, 0.5) is 15.8 Å². The SMILES string of the molecule is COc1cc(NC(C)c2ncc(C)o2)c(F)cc1N. The van der Waals surface area contributed by atoms with Crippen molar-refractivity contribution in [3.8, 4) is 5.75 Å². The number of halogens is 1. The van der Waals surface area contributed by atoms with Gasteiger partial charge in [-0.2, -0.15) is 0 Å². The fraction of sp³-hybridized carbons (Fsp3) is 0.308. The van der Waals surface area contributed by atoms with Crippen LogP contribution in [0.25, 0.3) is 0 Å². The van der Waals surface area contributed by atoms with Gasteiger partial charge in [-0.1, -0.05) is 0 Å². The first-order valence-electron chi connectivity index (χ1n) is 5.83. The number of oxazole rings is 1. The highest BCUT2D eigenvalue weighted by Gasteiger charge is 2.15. The molecule has 1 aromatic heterocycles. The van der Waals surface area contributed by atoms with Crippen molar-refractivity contribution in [1.29, 1.82) is 0 Å². The maximum atomic E-state index is 13.8. The van der Waals surface area contributed by atoms with Crippen LogP contribution in [0.5, 0.6) is 5.75 Å². The Morgan fingerprint density at radius 2 is 2.21 bits per heavy atom. The molecule has 0 saturated carbocycles. The molecule has 0 fully saturated rings. The van der Waals surface area contributed by atoms with E-state index >= 15 is 0 Å². The van der Waals surface area contributed by atoms with Gasteiger partial charge in [0.15, 0.2) is 0 Å². The summed E-state index contributed by atoms with van der Waals surface area (Å²) < 4.78 is 24.2. The number of aromatic nitrogens is 1. The number of nitrogens with one attached hydrogen (secondary N) is 1. The molecule has 1 heterocycles. The highest BCUT2D eigenvalue weighted by atomic mass is 19.1. The lowest BCUT2D eigenvalue weighted by Gasteiger charge is -2.14. The topological polar surface area (TPSA) is 73.3 Å². The second kappa shape index (κ2) is 5.17. The summed E-state index contributed by atoms with van der Waals surface area (Å²) >= 11 is 0. The highest BCUT2D eigenvalue weighted by Crippen LogP contribution is 2.30. The number of ether oxygens (including phenoxy) is 1. The minimum atomic E-state index is -0.451. The molecule has 5 nitrogen and oxygen atoms in total. The molecule has 3 N–H and O–H groups in total. The largest absolute Gasteiger partial charge is 0.495 e. The first-order valence-corrected chi connectivity index (χ1v) is 5.83. The Morgan fingerprint density at radius 1 is 1.47 bits per heavy atom. The number of hydrogen-bond donors (Lipinski definition) is 2. The number of aryl methyl sites for hydroxylation is 1. The van der Waals surface area contributed by atoms with E-state index in [1.807, 2.05) is 6.92 Å². The molecule has 0 radical (unpaired) electrons. The van der Waals surface area contributed by atoms with Gasteiger partial charge >= 0.3 is 0 Å². The van der Waals surface area contributed by atoms with Crippen LogP contribution in [0.15, 0.2) is 22.7 Å². The van der Waals surface area contributed by atoms with Gasteiger partial charge in [0.1, 0.15) is 23.4 Å². The summed E-state index contributed by atoms with van der Waals surface area (Å²) in [6.45, 7) is 3.63. The zero-order chi connectivity index (χ0) is 14.0. The van der Waals surface area contributed by atoms with Crippen molar-refractivity contribution in [3.05, 3.63) is 35.8 Å². The summed E-state index contributed by atoms with van der Waals surface area (Å²) in [5.41, 5.74) is 6.16. The van der Waals surface area contributed by atoms with E-state index in [1.165, 1.54) is 19.2 Å². The zero-order valence-corrected chi connectivity index (χ0v) is 11.0. The molecule has 0 spiro atoms. The number of benzene rings is 1. The molecule has 2 aromatic rings. The number of nitrogens with zero attached hydrogens (tertiary/aromatic N) is 1. The van der Waals surface area contributed by atoms with E-state index in [1.54, 1.807) is 13.1 Å². The molecule has 0 aliphatic rings. The van der Waals surface area contributed by atoms with Gasteiger partial charge in [-0.25, -0.2) is 9.37 Å². The van der Waals surface area contributed by atoms with Crippen LogP contribution in [0.3, 0.4) is 0 Å². The van der Waals surface area contributed by atoms with Crippen LogP contribution in [0, 0.1) is 12.7 Å². The molecule has 1 unspecified atom stereocenters. The monoisotopic (exact) mass is 265 g/mol. The number of anilines is 2. The van der Waals surface area contributed by atoms with Crippen molar-refractivity contribution in [3.63, 3.8) is 0 Å². The second-order valence-corrected chi connectivity index (χ2v) is 4.25. The van der Waals surface area contributed by atoms with Gasteiger partial charge in [0.2, 0.25) is 5.89 Å². The summed E-state index contributed by atoms with van der Waals surface area (Å²) in [4.78, 5) is 4.09. The molecule has 1 aromatic carbocycles. The predicted molar refractivity (Wildman–Crippen MR) is 70.6 cm³/mol. The molecule has 0 saturated heterocycles. The summed E-state index contributed by atoms with van der Waals surface area (Å²) in [7, 11) is 1.48. The van der Waals surface area contributed by atoms with E-state index in [0.717, 1.165) is 0 Å². The Bertz CT molecular complexity index is 583. The maximum Gasteiger partial charge on any atom is 0.216 e. The van der Waals surface area contributed by atoms with E-state index in [2.05, 4.69) is 10.3 Å². The minimum Gasteiger partial charge on any atom is -0.495 e. The Morgan fingerprint density at radius 3 is 2.79 bits per heavy atom. The van der Waals surface area contributed by atoms with Crippen molar-refractivity contribution < 1.29 is 13.5 Å². The van der Waals surface area contributed by atoms with Crippen LogP contribution in [-0.2, 0) is 0 Å². The maximum absolute atomic E-state index is 13.8. The third-order valence-electron chi connectivity index (χ3n) is 2.70. The summed E-state index contributed by atoms with van der Waals surface area (Å²) in [5.74, 6) is 1.17. The minimum absolute atomic E-state index is 0.255. The van der Waals surface area contributed by atoms with E-state index in [-0.39, 0.29) is 17.4 Å². The van der Waals surface area contributed by atoms with Gasteiger partial charge in [0.05, 0.1) is 24.7 Å². The Kier molecular flexibility index (Phi) is 3.59. The summed E-state index contributed by atoms with van der Waals surface area (Å²) in [6.07, 6.45) is 1.62. The first-order chi connectivity index (χ1) is 9.01. The van der Waals surface area contributed by atoms with Crippen LogP contribution < -0.4 is 15.8 Å². The lowest BCUT2D eigenvalue weighted by atomic mass is 10.2. The second-order valence-electron chi connectivity index (χ2n) is 4.25. The zero-order valence-electron chi connectivity index (χ0n) is 11.0. The Hall–Kier alpha value is -2.24. The molecule has 102 valence electrons. The molecule has 1 atom stereocenters. The molecular formula is C13H16FN3O2. The number of hydrogen-bond acceptors (Lipinski definition) is 5. The molecule has 2 rings (SSSR count). The van der Waals surface area contributed by atoms with Gasteiger partial charge < -0.3 is 20.2 Å². The molecule has 6 heteroatoms. The van der Waals surface area contributed by atoms with E-state index < -0.39 is 5.82 Å². The first kappa shape index (κ1) is 13.2. The van der Waals surface area contributed by atoms with Crippen LogP contribution in [-0.4, -0.2) is 12.1 Å². The predicted octanol–water partition coefficient (Wildman–Crippen LogP) is 2.89. The number of nitrogen functional groups attached to an aromatic ring is 1. The summed E-state index contributed by atoms with van der Waals surface area (Å²) in [5, 5.41) is 2.97. The van der Waals surface area contributed by atoms with Crippen molar-refractivity contribution in [2.45, 2.75) is 19.9 Å². The van der Waals surface area contributed by atoms with E-state index in [9.17, 15) is 4.39 Å². The fourth-order valence-electron chi connectivity index (χ4n) is 1.72. The Labute approximate surface area is 110 Å². The van der Waals surface area contributed by atoms with Crippen molar-refractivity contribution in [2.24, 2.45) is 0 Å². The lowest BCUT2D eigenvalue weighted by Crippen LogP contribution is -2.09. The molecule has 0 bridgehead atoms. The number of nitrogens with two attached hydrogens (primary N) is 1. The van der Waals surface area contributed by atoms with Crippen LogP contribution >= 0.6 is 0 Å². The highest BCUT2D eigenvalue weighted by molar-refractivity contribution is 5.62. The average molecular weight is 265 g/mol. The fourth-order valence-corrected chi connectivity index (χ4v) is 1.72. The molecule has 0 aliphatic heterocycles. The van der Waals surface area contributed by atoms with Gasteiger partial charge in [-0.3, -0.25) is 0 Å². The van der Waals surface area contributed by atoms with E-state index in [4.69, 9.17) is 14.9 Å².